The van der Waals surface area contributed by atoms with Crippen molar-refractivity contribution in [3.05, 3.63) is 40.1 Å². The van der Waals surface area contributed by atoms with Gasteiger partial charge in [-0.25, -0.2) is 9.78 Å². The predicted molar refractivity (Wildman–Crippen MR) is 59.0 cm³/mol. The molecule has 0 saturated heterocycles. The third-order valence-electron chi connectivity index (χ3n) is 2.37. The molecular weight excluding hydrogens is 190 g/mol. The van der Waals surface area contributed by atoms with E-state index in [1.165, 1.54) is 0 Å². The molecule has 0 fully saturated rings. The number of fused-ring (bicyclic) bond motifs is 1. The lowest BCUT2D eigenvalue weighted by Gasteiger charge is -2.01. The molecule has 0 aliphatic rings. The van der Waals surface area contributed by atoms with Gasteiger partial charge in [-0.1, -0.05) is 19.1 Å². The Morgan fingerprint density at radius 1 is 1.40 bits per heavy atom. The average Bonchev–Trinajstić information content (AvgIpc) is 2.17. The van der Waals surface area contributed by atoms with E-state index in [0.29, 0.717) is 17.7 Å². The van der Waals surface area contributed by atoms with Crippen LogP contribution >= 0.6 is 0 Å². The zero-order valence-corrected chi connectivity index (χ0v) is 8.91. The van der Waals surface area contributed by atoms with Crippen molar-refractivity contribution in [2.24, 2.45) is 0 Å². The summed E-state index contributed by atoms with van der Waals surface area (Å²) < 4.78 is 5.15. The minimum Gasteiger partial charge on any atom is -0.408 e. The lowest BCUT2D eigenvalue weighted by molar-refractivity contribution is 0.442. The number of aromatic nitrogens is 1. The molecule has 0 saturated carbocycles. The van der Waals surface area contributed by atoms with Crippen LogP contribution in [-0.2, 0) is 6.42 Å². The van der Waals surface area contributed by atoms with E-state index in [0.717, 1.165) is 17.5 Å². The van der Waals surface area contributed by atoms with Crippen LogP contribution in [-0.4, -0.2) is 4.98 Å². The molecule has 2 aromatic rings. The van der Waals surface area contributed by atoms with E-state index in [1.54, 1.807) is 0 Å². The highest BCUT2D eigenvalue weighted by atomic mass is 16.4. The monoisotopic (exact) mass is 203 g/mol. The van der Waals surface area contributed by atoms with E-state index < -0.39 is 0 Å². The number of rotatable bonds is 2. The minimum atomic E-state index is -0.276. The quantitative estimate of drug-likeness (QED) is 0.752. The average molecular weight is 203 g/mol. The Kier molecular flexibility index (Phi) is 2.54. The van der Waals surface area contributed by atoms with Crippen molar-refractivity contribution in [2.45, 2.75) is 26.7 Å². The van der Waals surface area contributed by atoms with Crippen LogP contribution in [0.15, 0.2) is 27.4 Å². The van der Waals surface area contributed by atoms with E-state index in [-0.39, 0.29) is 5.63 Å². The van der Waals surface area contributed by atoms with Gasteiger partial charge in [0.25, 0.3) is 0 Å². The Morgan fingerprint density at radius 2 is 2.20 bits per heavy atom. The van der Waals surface area contributed by atoms with Gasteiger partial charge in [-0.15, -0.1) is 0 Å². The van der Waals surface area contributed by atoms with Gasteiger partial charge in [0.05, 0.1) is 10.9 Å². The Hall–Kier alpha value is -1.64. The molecule has 0 radical (unpaired) electrons. The smallest absolute Gasteiger partial charge is 0.347 e. The third-order valence-corrected chi connectivity index (χ3v) is 2.37. The molecule has 2 rings (SSSR count). The van der Waals surface area contributed by atoms with Crippen LogP contribution in [0, 0.1) is 6.92 Å². The Labute approximate surface area is 87.8 Å². The summed E-state index contributed by atoms with van der Waals surface area (Å²) in [5.41, 5.74) is 1.37. The molecule has 78 valence electrons. The van der Waals surface area contributed by atoms with Crippen LogP contribution < -0.4 is 5.63 Å². The van der Waals surface area contributed by atoms with Gasteiger partial charge in [-0.2, -0.15) is 0 Å². The fourth-order valence-electron chi connectivity index (χ4n) is 1.65. The van der Waals surface area contributed by atoms with Crippen LogP contribution in [0.25, 0.3) is 10.9 Å². The second kappa shape index (κ2) is 3.85. The van der Waals surface area contributed by atoms with Crippen molar-refractivity contribution in [3.63, 3.8) is 0 Å². The molecule has 0 N–H and O–H groups in total. The summed E-state index contributed by atoms with van der Waals surface area (Å²) in [5.74, 6) is 0.528. The molecule has 1 aromatic carbocycles. The van der Waals surface area contributed by atoms with Crippen molar-refractivity contribution < 1.29 is 4.42 Å². The highest BCUT2D eigenvalue weighted by molar-refractivity contribution is 5.80. The summed E-state index contributed by atoms with van der Waals surface area (Å²) >= 11 is 0. The number of aryl methyl sites for hydroxylation is 2. The van der Waals surface area contributed by atoms with E-state index in [1.807, 2.05) is 32.0 Å². The van der Waals surface area contributed by atoms with E-state index in [2.05, 4.69) is 4.98 Å². The maximum Gasteiger partial charge on any atom is 0.347 e. The largest absolute Gasteiger partial charge is 0.408 e. The summed E-state index contributed by atoms with van der Waals surface area (Å²) in [6.45, 7) is 3.92. The zero-order valence-electron chi connectivity index (χ0n) is 8.91. The van der Waals surface area contributed by atoms with E-state index in [4.69, 9.17) is 4.42 Å². The van der Waals surface area contributed by atoms with Gasteiger partial charge in [0, 0.05) is 6.42 Å². The molecule has 15 heavy (non-hydrogen) atoms. The first-order valence-electron chi connectivity index (χ1n) is 5.11. The maximum absolute atomic E-state index is 11.7. The number of hydrogen-bond donors (Lipinski definition) is 0. The summed E-state index contributed by atoms with van der Waals surface area (Å²) in [5, 5.41) is 0.595. The Morgan fingerprint density at radius 3 is 2.93 bits per heavy atom. The van der Waals surface area contributed by atoms with Crippen molar-refractivity contribution in [2.75, 3.05) is 0 Å². The predicted octanol–water partition coefficient (Wildman–Crippen LogP) is 2.45. The number of benzene rings is 1. The van der Waals surface area contributed by atoms with Crippen LogP contribution in [0.3, 0.4) is 0 Å². The summed E-state index contributed by atoms with van der Waals surface area (Å²) in [4.78, 5) is 16.0. The lowest BCUT2D eigenvalue weighted by atomic mass is 10.1. The molecule has 0 aliphatic heterocycles. The first kappa shape index (κ1) is 9.90. The molecule has 0 bridgehead atoms. The molecule has 3 heteroatoms. The van der Waals surface area contributed by atoms with Crippen molar-refractivity contribution in [3.8, 4) is 0 Å². The highest BCUT2D eigenvalue weighted by Gasteiger charge is 2.07. The normalized spacial score (nSPS) is 10.8. The molecule has 1 heterocycles. The molecule has 0 unspecified atom stereocenters. The van der Waals surface area contributed by atoms with Crippen molar-refractivity contribution in [1.29, 1.82) is 0 Å². The second-order valence-electron chi connectivity index (χ2n) is 3.61. The van der Waals surface area contributed by atoms with Crippen LogP contribution in [0.4, 0.5) is 0 Å². The molecule has 0 spiro atoms. The number of nitrogens with zero attached hydrogens (tertiary/aromatic N) is 1. The van der Waals surface area contributed by atoms with Gasteiger partial charge in [-0.3, -0.25) is 0 Å². The third kappa shape index (κ3) is 1.77. The van der Waals surface area contributed by atoms with Gasteiger partial charge in [0.1, 0.15) is 0 Å². The first-order valence-corrected chi connectivity index (χ1v) is 5.11. The Balaban J connectivity index is 2.73. The molecule has 0 atom stereocenters. The van der Waals surface area contributed by atoms with Gasteiger partial charge in [0.2, 0.25) is 0 Å². The van der Waals surface area contributed by atoms with Gasteiger partial charge in [0.15, 0.2) is 5.89 Å². The van der Waals surface area contributed by atoms with E-state index in [9.17, 15) is 4.79 Å². The second-order valence-corrected chi connectivity index (χ2v) is 3.61. The fraction of sp³-hybridized carbons (Fsp3) is 0.333. The van der Waals surface area contributed by atoms with Crippen LogP contribution in [0.5, 0.6) is 0 Å². The van der Waals surface area contributed by atoms with Crippen molar-refractivity contribution in [1.82, 2.24) is 4.98 Å². The summed E-state index contributed by atoms with van der Waals surface area (Å²) in [6, 6.07) is 5.64. The van der Waals surface area contributed by atoms with Crippen molar-refractivity contribution >= 4 is 10.9 Å². The lowest BCUT2D eigenvalue weighted by Crippen LogP contribution is -2.06. The fourth-order valence-corrected chi connectivity index (χ4v) is 1.65. The molecule has 0 aliphatic carbocycles. The topological polar surface area (TPSA) is 43.1 Å². The molecule has 3 nitrogen and oxygen atoms in total. The Bertz CT molecular complexity index is 543. The van der Waals surface area contributed by atoms with Crippen LogP contribution in [0.2, 0.25) is 0 Å². The summed E-state index contributed by atoms with van der Waals surface area (Å²) in [7, 11) is 0. The molecule has 1 aromatic heterocycles. The summed E-state index contributed by atoms with van der Waals surface area (Å²) in [6.07, 6.45) is 1.63. The van der Waals surface area contributed by atoms with E-state index >= 15 is 0 Å². The highest BCUT2D eigenvalue weighted by Crippen LogP contribution is 2.13. The van der Waals surface area contributed by atoms with Crippen LogP contribution in [0.1, 0.15) is 24.8 Å². The zero-order chi connectivity index (χ0) is 10.8. The minimum absolute atomic E-state index is 0.276. The number of hydrogen-bond acceptors (Lipinski definition) is 3. The first-order chi connectivity index (χ1) is 7.22. The maximum atomic E-state index is 11.7. The van der Waals surface area contributed by atoms with Gasteiger partial charge in [-0.05, 0) is 25.0 Å². The standard InChI is InChI=1S/C12H13NO2/c1-3-5-10-13-9-7-4-6-8(2)11(9)12(14)15-10/h4,6-7H,3,5H2,1-2H3. The SMILES string of the molecule is CCCc1nc2cccc(C)c2c(=O)o1. The molecule has 0 amide bonds. The van der Waals surface area contributed by atoms with Gasteiger partial charge >= 0.3 is 5.63 Å². The van der Waals surface area contributed by atoms with Gasteiger partial charge < -0.3 is 4.42 Å². The molecular formula is C12H13NO2.